The van der Waals surface area contributed by atoms with Crippen molar-refractivity contribution in [2.45, 2.75) is 259 Å². The molecule has 35 N–H and O–H groups in total. The van der Waals surface area contributed by atoms with Gasteiger partial charge in [0.25, 0.3) is 0 Å². The average molecular weight is 2050 g/mol. The molecule has 3 saturated heterocycles. The van der Waals surface area contributed by atoms with Gasteiger partial charge >= 0.3 is 0 Å². The molecule has 8 aromatic rings. The predicted molar refractivity (Wildman–Crippen MR) is 558 cm³/mol. The molecule has 0 bridgehead atoms. The highest BCUT2D eigenvalue weighted by Crippen LogP contribution is 2.30. The maximum absolute atomic E-state index is 15.9. The van der Waals surface area contributed by atoms with E-state index >= 15 is 67.1 Å². The second-order valence-corrected chi connectivity index (χ2v) is 38.5. The lowest BCUT2D eigenvalue weighted by molar-refractivity contribution is -0.148. The number of benzene rings is 5. The first kappa shape index (κ1) is 113. The van der Waals surface area contributed by atoms with Crippen LogP contribution in [0, 0.1) is 22.1 Å². The number of nitrogens with two attached hydrogens (primary N) is 6. The van der Waals surface area contributed by atoms with Crippen LogP contribution in [0.3, 0.4) is 0 Å². The molecule has 0 saturated carbocycles. The highest BCUT2D eigenvalue weighted by atomic mass is 16.3. The number of carbonyl (C=O) groups is 14. The number of rotatable bonds is 36. The van der Waals surface area contributed by atoms with Crippen molar-refractivity contribution in [3.8, 4) is 11.5 Å². The van der Waals surface area contributed by atoms with Gasteiger partial charge in [-0.05, 0) is 224 Å². The van der Waals surface area contributed by atoms with Crippen LogP contribution in [0.5, 0.6) is 11.5 Å². The van der Waals surface area contributed by atoms with Gasteiger partial charge in [-0.2, -0.15) is 0 Å². The Hall–Kier alpha value is -15.4. The fraction of sp³-hybridized carbons (Fsp3) is 0.485. The lowest BCUT2D eigenvalue weighted by atomic mass is 9.99. The first-order valence-corrected chi connectivity index (χ1v) is 51.0. The number of fused-ring (bicyclic) bond motifs is 5. The number of aromatic amines is 3. The number of unbranched alkanes of at least 4 members (excludes halogenated alkanes) is 3. The molecule has 14 amide bonds. The lowest BCUT2D eigenvalue weighted by Crippen LogP contribution is -2.62. The number of aromatic hydroxyl groups is 2. The third kappa shape index (κ3) is 33.3. The van der Waals surface area contributed by atoms with Crippen LogP contribution >= 0.6 is 0 Å². The molecule has 5 aromatic carbocycles. The summed E-state index contributed by atoms with van der Waals surface area (Å²) in [6.07, 6.45) is 5.31. The Morgan fingerprint density at radius 1 is 0.324 bits per heavy atom. The molecule has 148 heavy (non-hydrogen) atoms. The summed E-state index contributed by atoms with van der Waals surface area (Å²) >= 11 is 0. The fourth-order valence-electron chi connectivity index (χ4n) is 19.0. The van der Waals surface area contributed by atoms with E-state index in [1.807, 2.05) is 36.4 Å². The molecule has 798 valence electrons. The first-order chi connectivity index (χ1) is 71.1. The van der Waals surface area contributed by atoms with Crippen LogP contribution in [-0.4, -0.2) is 272 Å². The molecular weight excluding hydrogens is 1900 g/mol. The molecule has 3 aliphatic heterocycles. The van der Waals surface area contributed by atoms with E-state index < -0.39 is 185 Å². The zero-order chi connectivity index (χ0) is 106. The summed E-state index contributed by atoms with van der Waals surface area (Å²) in [5.41, 5.74) is 39.8. The third-order valence-corrected chi connectivity index (χ3v) is 26.8. The van der Waals surface area contributed by atoms with Crippen molar-refractivity contribution >= 4 is 133 Å². The molecule has 0 radical (unpaired) electrons. The number of H-pyrrole nitrogens is 3. The summed E-state index contributed by atoms with van der Waals surface area (Å²) in [4.78, 5) is 231. The van der Waals surface area contributed by atoms with Crippen molar-refractivity contribution in [1.82, 2.24) is 105 Å². The number of amides is 14. The molecule has 45 heteroatoms. The number of hydrogen-bond donors (Lipinski definition) is 29. The number of nitrogens with zero attached hydrogens (tertiary/aromatic N) is 2. The van der Waals surface area contributed by atoms with Gasteiger partial charge in [0, 0.05) is 116 Å². The number of phenols is 2. The predicted octanol–water partition coefficient (Wildman–Crippen LogP) is 0.0911. The summed E-state index contributed by atoms with van der Waals surface area (Å²) < 4.78 is 0. The van der Waals surface area contributed by atoms with Gasteiger partial charge < -0.3 is 149 Å². The Kier molecular flexibility index (Phi) is 43.0. The van der Waals surface area contributed by atoms with Crippen molar-refractivity contribution in [1.29, 1.82) is 16.2 Å². The van der Waals surface area contributed by atoms with E-state index in [-0.39, 0.29) is 205 Å². The molecule has 0 aliphatic carbocycles. The smallest absolute Gasteiger partial charge is 0.246 e. The molecule has 3 aliphatic rings. The van der Waals surface area contributed by atoms with E-state index in [4.69, 9.17) is 50.6 Å². The number of carbonyl (C=O) groups excluding carboxylic acids is 14. The van der Waals surface area contributed by atoms with Crippen molar-refractivity contribution < 1.29 is 77.3 Å². The number of nitrogens with one attached hydrogen (secondary N) is 21. The summed E-state index contributed by atoms with van der Waals surface area (Å²) in [6.45, 7) is 4.06. The largest absolute Gasteiger partial charge is 0.508 e. The zero-order valence-corrected chi connectivity index (χ0v) is 83.7. The van der Waals surface area contributed by atoms with E-state index in [1.54, 1.807) is 68.8 Å². The highest BCUT2D eigenvalue weighted by molar-refractivity contribution is 6.03. The Morgan fingerprint density at radius 3 is 0.912 bits per heavy atom. The van der Waals surface area contributed by atoms with E-state index in [1.165, 1.54) is 58.3 Å². The molecule has 14 atom stereocenters. The SMILES string of the molecule is CC(C)C[C@@H]1NC(=O)[C@H](Cc2c[nH]c3ccccc23)NC(=O)[C@H](Cc2c[nH]c3ccccc23)NC(=O)[C@@H]2CCCN2C(=O)[C@H]2CCCN2C(=O)[C@H](CCCNC(=N)N)NC(=O)[C@H](Cc2ccc(O)cc2)NC(=O)[C@H](Cc2ccc(O)cc2)NC(=O)[C@H](CCCCN)NC(=O)[C@H](Cc2c[nH]c3ccccc23)NC(=O)[C@H](CCCNC(=N)N)NC(=O)[C@H](CCCNC(=N)N)NC(=O)[C@H](CCCCN)NC(=O)[C@H](CCCCN)NC1=O. The molecule has 0 spiro atoms. The second-order valence-electron chi connectivity index (χ2n) is 38.5. The Morgan fingerprint density at radius 2 is 0.588 bits per heavy atom. The van der Waals surface area contributed by atoms with E-state index in [0.29, 0.717) is 86.2 Å². The number of aromatic nitrogens is 3. The fourth-order valence-corrected chi connectivity index (χ4v) is 19.0. The molecule has 3 aromatic heterocycles. The maximum atomic E-state index is 15.9. The van der Waals surface area contributed by atoms with Crippen molar-refractivity contribution in [2.24, 2.45) is 40.3 Å². The van der Waals surface area contributed by atoms with E-state index in [0.717, 1.165) is 0 Å². The molecule has 45 nitrogen and oxygen atoms in total. The van der Waals surface area contributed by atoms with Crippen LogP contribution in [0.25, 0.3) is 32.7 Å². The van der Waals surface area contributed by atoms with E-state index in [2.05, 4.69) is 94.7 Å². The van der Waals surface area contributed by atoms with Gasteiger partial charge in [0.05, 0.1) is 0 Å². The van der Waals surface area contributed by atoms with Crippen LogP contribution in [0.2, 0.25) is 0 Å². The van der Waals surface area contributed by atoms with Crippen LogP contribution < -0.4 is 114 Å². The summed E-state index contributed by atoms with van der Waals surface area (Å²) in [5.74, 6) is -14.1. The Balaban J connectivity index is 1.01. The van der Waals surface area contributed by atoms with Gasteiger partial charge in [-0.25, -0.2) is 0 Å². The number of hydrogen-bond acceptors (Lipinski definition) is 22. The Labute approximate surface area is 857 Å². The van der Waals surface area contributed by atoms with Gasteiger partial charge in [-0.3, -0.25) is 83.4 Å². The molecular formula is C103H145N29O16. The van der Waals surface area contributed by atoms with Gasteiger partial charge in [0.1, 0.15) is 96.1 Å². The molecule has 3 fully saturated rings. The summed E-state index contributed by atoms with van der Waals surface area (Å²) in [5, 5.41) is 89.4. The van der Waals surface area contributed by atoms with Crippen molar-refractivity contribution in [3.05, 3.63) is 168 Å². The Bertz CT molecular complexity index is 5910. The number of phenolic OH excluding ortho intramolecular Hbond substituents is 2. The van der Waals surface area contributed by atoms with Crippen LogP contribution in [0.1, 0.15) is 170 Å². The van der Waals surface area contributed by atoms with Crippen LogP contribution in [0.4, 0.5) is 0 Å². The monoisotopic (exact) mass is 2040 g/mol. The van der Waals surface area contributed by atoms with Crippen molar-refractivity contribution in [2.75, 3.05) is 52.4 Å². The second kappa shape index (κ2) is 56.3. The minimum atomic E-state index is -1.66. The van der Waals surface area contributed by atoms with Crippen molar-refractivity contribution in [3.63, 3.8) is 0 Å². The average Bonchev–Trinajstić information content (AvgIpc) is 1.64. The maximum Gasteiger partial charge on any atom is 0.246 e. The normalized spacial score (nSPS) is 22.7. The quantitative estimate of drug-likeness (QED) is 0.0141. The zero-order valence-electron chi connectivity index (χ0n) is 83.7. The van der Waals surface area contributed by atoms with Gasteiger partial charge in [0.2, 0.25) is 82.7 Å². The minimum absolute atomic E-state index is 0.0112. The molecule has 0 unspecified atom stereocenters. The third-order valence-electron chi connectivity index (χ3n) is 26.8. The van der Waals surface area contributed by atoms with Gasteiger partial charge in [0.15, 0.2) is 17.9 Å². The number of para-hydroxylation sites is 3. The van der Waals surface area contributed by atoms with Gasteiger partial charge in [-0.1, -0.05) is 92.7 Å². The summed E-state index contributed by atoms with van der Waals surface area (Å²) in [6, 6.07) is 12.0. The summed E-state index contributed by atoms with van der Waals surface area (Å²) in [7, 11) is 0. The number of guanidine groups is 3. The first-order valence-electron chi connectivity index (χ1n) is 51.0. The minimum Gasteiger partial charge on any atom is -0.508 e. The highest BCUT2D eigenvalue weighted by Gasteiger charge is 2.46. The van der Waals surface area contributed by atoms with E-state index in [9.17, 15) is 10.2 Å². The van der Waals surface area contributed by atoms with Crippen LogP contribution in [0.15, 0.2) is 140 Å². The van der Waals surface area contributed by atoms with Gasteiger partial charge in [-0.15, -0.1) is 0 Å². The molecule has 11 rings (SSSR count). The molecule has 6 heterocycles. The van der Waals surface area contributed by atoms with Crippen LogP contribution in [-0.2, 0) is 99.2 Å². The topological polar surface area (TPSA) is 741 Å². The standard InChI is InChI=1S/C103H145N29O16/c1-59(2)50-79-92(140)122-74(27-10-13-43-105)88(136)119-73(26-9-12-42-104)87(135)120-76(29-15-45-113-101(107)108)89(137)121-77(30-16-46-114-102(109)110)91(139)128-82(53-62-56-116-70-23-6-3-20-67(62)70)95(143)123-75(28-11-14-44-106)90(138)126-81(52-61-36-40-66(134)41-37-61)94(142)127-80(51-60-34-38-65(133)39-35-60)93(141)124-78(31-17-47-115-103(111)112)99(147)132-49-19-33-86(132)100(148)131-48-18-32-85(131)98(146)130-84(55-64-58-118-72-25-8-5-22-69(64)72)97(145)129-83(96(144)125-79)54-63-57-117-71-24-7-4-21-68(63)71/h3-8,20-25,34-41,56-59,73-86,116-118,133-134H,9-19,26-33,42-55,104-106H2,1-2H3,(H,119,136)(H,120,135)(H,121,137)(H,122,140)(H,123,143)(H,124,141)(H,125,144)(H,126,138)(H,127,142)(H,128,139)(H,129,145)(H,130,146)(H4,107,108,113)(H4,109,110,114)(H4,111,112,115)/t73-,74-,75-,76-,77-,78-,79-,80-,81-,82-,83-,84-,85-,86+/m0/s1. The lowest BCUT2D eigenvalue weighted by Gasteiger charge is -2.34.